The third-order valence-electron chi connectivity index (χ3n) is 3.22. The van der Waals surface area contributed by atoms with Gasteiger partial charge in [0.2, 0.25) is 0 Å². The van der Waals surface area contributed by atoms with Crippen molar-refractivity contribution in [3.63, 3.8) is 0 Å². The standard InChI is InChI=1S/C19H21BrO3/c1-4-22-17-12-15(19(20)18(13-17)23-5-2)9-6-14-7-10-16(21-3)11-8-14/h6-13H,4-5H2,1-3H3. The predicted molar refractivity (Wildman–Crippen MR) is 98.4 cm³/mol. The number of halogens is 1. The molecule has 0 bridgehead atoms. The van der Waals surface area contributed by atoms with Gasteiger partial charge in [-0.1, -0.05) is 24.3 Å². The van der Waals surface area contributed by atoms with Crippen molar-refractivity contribution in [3.05, 3.63) is 52.0 Å². The van der Waals surface area contributed by atoms with Crippen LogP contribution in [0, 0.1) is 0 Å². The number of methoxy groups -OCH3 is 1. The molecule has 23 heavy (non-hydrogen) atoms. The largest absolute Gasteiger partial charge is 0.497 e. The summed E-state index contributed by atoms with van der Waals surface area (Å²) < 4.78 is 17.4. The molecule has 3 nitrogen and oxygen atoms in total. The summed E-state index contributed by atoms with van der Waals surface area (Å²) >= 11 is 3.61. The summed E-state index contributed by atoms with van der Waals surface area (Å²) in [7, 11) is 1.66. The number of ether oxygens (including phenoxy) is 3. The zero-order valence-corrected chi connectivity index (χ0v) is 15.2. The van der Waals surface area contributed by atoms with Crippen LogP contribution < -0.4 is 14.2 Å². The first-order valence-electron chi connectivity index (χ1n) is 7.59. The van der Waals surface area contributed by atoms with E-state index in [2.05, 4.69) is 15.9 Å². The van der Waals surface area contributed by atoms with E-state index in [1.54, 1.807) is 7.11 Å². The van der Waals surface area contributed by atoms with Crippen LogP contribution in [0.15, 0.2) is 40.9 Å². The van der Waals surface area contributed by atoms with Crippen molar-refractivity contribution in [1.29, 1.82) is 0 Å². The Morgan fingerprint density at radius 3 is 2.22 bits per heavy atom. The van der Waals surface area contributed by atoms with E-state index in [0.29, 0.717) is 13.2 Å². The normalized spacial score (nSPS) is 10.8. The highest BCUT2D eigenvalue weighted by Gasteiger charge is 2.08. The minimum Gasteiger partial charge on any atom is -0.497 e. The monoisotopic (exact) mass is 376 g/mol. The molecule has 122 valence electrons. The summed E-state index contributed by atoms with van der Waals surface area (Å²) in [5, 5.41) is 0. The Bertz CT molecular complexity index is 663. The van der Waals surface area contributed by atoms with Gasteiger partial charge >= 0.3 is 0 Å². The summed E-state index contributed by atoms with van der Waals surface area (Å²) in [5.41, 5.74) is 2.10. The number of hydrogen-bond acceptors (Lipinski definition) is 3. The van der Waals surface area contributed by atoms with Crippen LogP contribution in [0.25, 0.3) is 12.2 Å². The van der Waals surface area contributed by atoms with E-state index in [1.165, 1.54) is 0 Å². The highest BCUT2D eigenvalue weighted by molar-refractivity contribution is 9.10. The maximum Gasteiger partial charge on any atom is 0.137 e. The van der Waals surface area contributed by atoms with Gasteiger partial charge in [0, 0.05) is 6.07 Å². The van der Waals surface area contributed by atoms with Crippen LogP contribution in [0.5, 0.6) is 17.2 Å². The highest BCUT2D eigenvalue weighted by Crippen LogP contribution is 2.35. The van der Waals surface area contributed by atoms with Gasteiger partial charge in [-0.05, 0) is 59.1 Å². The Morgan fingerprint density at radius 2 is 1.61 bits per heavy atom. The lowest BCUT2D eigenvalue weighted by atomic mass is 10.1. The van der Waals surface area contributed by atoms with E-state index in [9.17, 15) is 0 Å². The summed E-state index contributed by atoms with van der Waals surface area (Å²) in [6.45, 7) is 5.16. The first kappa shape index (κ1) is 17.4. The molecular formula is C19H21BrO3. The fraction of sp³-hybridized carbons (Fsp3) is 0.263. The van der Waals surface area contributed by atoms with Crippen molar-refractivity contribution in [2.75, 3.05) is 20.3 Å². The average molecular weight is 377 g/mol. The molecule has 0 aromatic heterocycles. The zero-order chi connectivity index (χ0) is 16.7. The van der Waals surface area contributed by atoms with Crippen molar-refractivity contribution in [2.45, 2.75) is 13.8 Å². The molecular weight excluding hydrogens is 356 g/mol. The molecule has 2 aromatic carbocycles. The second kappa shape index (κ2) is 8.63. The fourth-order valence-electron chi connectivity index (χ4n) is 2.13. The van der Waals surface area contributed by atoms with Crippen molar-refractivity contribution in [3.8, 4) is 17.2 Å². The Kier molecular flexibility index (Phi) is 6.53. The Hall–Kier alpha value is -1.94. The average Bonchev–Trinajstić information content (AvgIpc) is 2.57. The van der Waals surface area contributed by atoms with Crippen molar-refractivity contribution < 1.29 is 14.2 Å². The molecule has 0 aliphatic rings. The Balaban J connectivity index is 2.30. The first-order chi connectivity index (χ1) is 11.2. The molecule has 0 saturated heterocycles. The van der Waals surface area contributed by atoms with E-state index < -0.39 is 0 Å². The van der Waals surface area contributed by atoms with Gasteiger partial charge in [-0.2, -0.15) is 0 Å². The summed E-state index contributed by atoms with van der Waals surface area (Å²) in [4.78, 5) is 0. The van der Waals surface area contributed by atoms with Crippen LogP contribution in [-0.4, -0.2) is 20.3 Å². The van der Waals surface area contributed by atoms with Gasteiger partial charge < -0.3 is 14.2 Å². The minimum atomic E-state index is 0.607. The van der Waals surface area contributed by atoms with E-state index in [0.717, 1.165) is 32.8 Å². The molecule has 0 unspecified atom stereocenters. The van der Waals surface area contributed by atoms with Crippen LogP contribution in [0.2, 0.25) is 0 Å². The number of benzene rings is 2. The zero-order valence-electron chi connectivity index (χ0n) is 13.6. The van der Waals surface area contributed by atoms with Crippen LogP contribution in [0.1, 0.15) is 25.0 Å². The molecule has 4 heteroatoms. The van der Waals surface area contributed by atoms with Crippen LogP contribution in [-0.2, 0) is 0 Å². The van der Waals surface area contributed by atoms with Crippen molar-refractivity contribution >= 4 is 28.1 Å². The molecule has 0 radical (unpaired) electrons. The van der Waals surface area contributed by atoms with E-state index in [-0.39, 0.29) is 0 Å². The molecule has 2 rings (SSSR count). The SMILES string of the molecule is CCOc1cc(C=Cc2ccc(OC)cc2)c(Br)c(OCC)c1. The van der Waals surface area contributed by atoms with E-state index in [4.69, 9.17) is 14.2 Å². The summed E-state index contributed by atoms with van der Waals surface area (Å²) in [6.07, 6.45) is 4.09. The molecule has 2 aromatic rings. The van der Waals surface area contributed by atoms with Crippen molar-refractivity contribution in [1.82, 2.24) is 0 Å². The van der Waals surface area contributed by atoms with Crippen molar-refractivity contribution in [2.24, 2.45) is 0 Å². The quantitative estimate of drug-likeness (QED) is 0.603. The number of hydrogen-bond donors (Lipinski definition) is 0. The molecule has 0 heterocycles. The Morgan fingerprint density at radius 1 is 0.913 bits per heavy atom. The molecule has 0 spiro atoms. The van der Waals surface area contributed by atoms with Gasteiger partial charge in [0.15, 0.2) is 0 Å². The molecule has 0 fully saturated rings. The minimum absolute atomic E-state index is 0.607. The number of rotatable bonds is 7. The molecule has 0 aliphatic heterocycles. The van der Waals surface area contributed by atoms with E-state index in [1.807, 2.05) is 62.4 Å². The lowest BCUT2D eigenvalue weighted by Gasteiger charge is -2.12. The van der Waals surface area contributed by atoms with Crippen LogP contribution in [0.4, 0.5) is 0 Å². The topological polar surface area (TPSA) is 27.7 Å². The highest BCUT2D eigenvalue weighted by atomic mass is 79.9. The van der Waals surface area contributed by atoms with Crippen LogP contribution >= 0.6 is 15.9 Å². The van der Waals surface area contributed by atoms with Gasteiger partial charge in [-0.3, -0.25) is 0 Å². The molecule has 0 aliphatic carbocycles. The summed E-state index contributed by atoms with van der Waals surface area (Å²) in [5.74, 6) is 2.43. The predicted octanol–water partition coefficient (Wildman–Crippen LogP) is 5.43. The van der Waals surface area contributed by atoms with Crippen LogP contribution in [0.3, 0.4) is 0 Å². The second-order valence-corrected chi connectivity index (χ2v) is 5.59. The van der Waals surface area contributed by atoms with Gasteiger partial charge in [-0.15, -0.1) is 0 Å². The maximum absolute atomic E-state index is 5.67. The lowest BCUT2D eigenvalue weighted by Crippen LogP contribution is -1.97. The van der Waals surface area contributed by atoms with Gasteiger partial charge in [-0.25, -0.2) is 0 Å². The third kappa shape index (κ3) is 4.76. The second-order valence-electron chi connectivity index (χ2n) is 4.80. The molecule has 0 N–H and O–H groups in total. The summed E-state index contributed by atoms with van der Waals surface area (Å²) in [6, 6.07) is 11.8. The third-order valence-corrected chi connectivity index (χ3v) is 4.07. The van der Waals surface area contributed by atoms with Gasteiger partial charge in [0.25, 0.3) is 0 Å². The molecule has 0 atom stereocenters. The molecule has 0 saturated carbocycles. The Labute approximate surface area is 146 Å². The van der Waals surface area contributed by atoms with Gasteiger partial charge in [0.05, 0.1) is 24.8 Å². The molecule has 0 amide bonds. The first-order valence-corrected chi connectivity index (χ1v) is 8.38. The fourth-order valence-corrected chi connectivity index (χ4v) is 2.60. The lowest BCUT2D eigenvalue weighted by molar-refractivity contribution is 0.321. The smallest absolute Gasteiger partial charge is 0.137 e. The van der Waals surface area contributed by atoms with Gasteiger partial charge in [0.1, 0.15) is 17.2 Å². The maximum atomic E-state index is 5.67. The van der Waals surface area contributed by atoms with E-state index >= 15 is 0 Å².